The summed E-state index contributed by atoms with van der Waals surface area (Å²) in [6.07, 6.45) is 1.80. The summed E-state index contributed by atoms with van der Waals surface area (Å²) in [5, 5.41) is 4.46. The average molecular weight is 368 g/mol. The number of ketones is 1. The molecule has 1 saturated carbocycles. The molecule has 1 fully saturated rings. The molecule has 0 aliphatic heterocycles. The molecule has 0 atom stereocenters. The van der Waals surface area contributed by atoms with Gasteiger partial charge in [-0.2, -0.15) is 0 Å². The Morgan fingerprint density at radius 2 is 2.04 bits per heavy atom. The van der Waals surface area contributed by atoms with Crippen LogP contribution in [0.25, 0.3) is 0 Å². The lowest BCUT2D eigenvalue weighted by Crippen LogP contribution is -2.14. The van der Waals surface area contributed by atoms with E-state index in [1.165, 1.54) is 0 Å². The molecule has 0 unspecified atom stereocenters. The second-order valence-electron chi connectivity index (χ2n) is 5.63. The maximum Gasteiger partial charge on any atom is 0.361 e. The van der Waals surface area contributed by atoms with Gasteiger partial charge in [0.05, 0.1) is 16.7 Å². The number of benzene rings is 1. The normalized spacial score (nSPS) is 13.8. The third-order valence-corrected chi connectivity index (χ3v) is 4.85. The zero-order valence-corrected chi connectivity index (χ0v) is 14.7. The highest BCUT2D eigenvalue weighted by Crippen LogP contribution is 2.43. The first-order valence-electron chi connectivity index (χ1n) is 7.61. The van der Waals surface area contributed by atoms with Gasteiger partial charge in [0.15, 0.2) is 11.5 Å². The van der Waals surface area contributed by atoms with Crippen LogP contribution >= 0.6 is 23.2 Å². The van der Waals surface area contributed by atoms with E-state index in [0.29, 0.717) is 26.9 Å². The van der Waals surface area contributed by atoms with Gasteiger partial charge in [-0.25, -0.2) is 4.79 Å². The highest BCUT2D eigenvalue weighted by Gasteiger charge is 2.38. The molecule has 0 radical (unpaired) electrons. The molecular weight excluding hydrogens is 353 g/mol. The van der Waals surface area contributed by atoms with Crippen LogP contribution in [0, 0.1) is 6.92 Å². The summed E-state index contributed by atoms with van der Waals surface area (Å²) >= 11 is 12.1. The van der Waals surface area contributed by atoms with Crippen molar-refractivity contribution >= 4 is 35.0 Å². The number of carbonyl (C=O) groups is 2. The van der Waals surface area contributed by atoms with E-state index in [0.717, 1.165) is 12.8 Å². The molecule has 24 heavy (non-hydrogen) atoms. The highest BCUT2D eigenvalue weighted by molar-refractivity contribution is 6.43. The number of hydrogen-bond donors (Lipinski definition) is 0. The van der Waals surface area contributed by atoms with Crippen LogP contribution < -0.4 is 0 Å². The fraction of sp³-hybridized carbons (Fsp3) is 0.353. The molecule has 1 heterocycles. The predicted molar refractivity (Wildman–Crippen MR) is 89.1 cm³/mol. The summed E-state index contributed by atoms with van der Waals surface area (Å²) < 4.78 is 10.3. The van der Waals surface area contributed by atoms with Crippen molar-refractivity contribution < 1.29 is 18.8 Å². The number of aromatic nitrogens is 1. The minimum Gasteiger partial charge on any atom is -0.461 e. The molecular formula is C17H15Cl2NO4. The zero-order chi connectivity index (χ0) is 17.4. The number of ether oxygens (including phenoxy) is 1. The van der Waals surface area contributed by atoms with Crippen molar-refractivity contribution in [3.8, 4) is 0 Å². The fourth-order valence-corrected chi connectivity index (χ4v) is 2.89. The minimum absolute atomic E-state index is 0.0887. The maximum atomic E-state index is 13.1. The van der Waals surface area contributed by atoms with Crippen molar-refractivity contribution in [3.05, 3.63) is 50.3 Å². The van der Waals surface area contributed by atoms with Gasteiger partial charge in [-0.15, -0.1) is 0 Å². The SMILES string of the molecule is CCOC(=O)c1noc(C2CC2)c1C(=O)c1ccc(Cl)c(Cl)c1C. The number of nitrogens with zero attached hydrogens (tertiary/aromatic N) is 1. The largest absolute Gasteiger partial charge is 0.461 e. The molecule has 0 spiro atoms. The lowest BCUT2D eigenvalue weighted by atomic mass is 9.96. The van der Waals surface area contributed by atoms with Gasteiger partial charge in [0.25, 0.3) is 0 Å². The van der Waals surface area contributed by atoms with E-state index in [-0.39, 0.29) is 29.6 Å². The smallest absolute Gasteiger partial charge is 0.361 e. The van der Waals surface area contributed by atoms with E-state index in [1.54, 1.807) is 26.0 Å². The van der Waals surface area contributed by atoms with Crippen LogP contribution in [0.5, 0.6) is 0 Å². The number of halogens is 2. The summed E-state index contributed by atoms with van der Waals surface area (Å²) in [5.74, 6) is -0.484. The molecule has 1 aliphatic rings. The molecule has 0 N–H and O–H groups in total. The lowest BCUT2D eigenvalue weighted by Gasteiger charge is -2.09. The fourth-order valence-electron chi connectivity index (χ4n) is 2.52. The van der Waals surface area contributed by atoms with Gasteiger partial charge in [-0.3, -0.25) is 4.79 Å². The number of hydrogen-bond acceptors (Lipinski definition) is 5. The standard InChI is InChI=1S/C17H15Cl2NO4/c1-3-23-17(22)14-12(16(24-20-14)9-4-5-9)15(21)10-6-7-11(18)13(19)8(10)2/h6-7,9H,3-5H2,1-2H3. The molecule has 5 nitrogen and oxygen atoms in total. The summed E-state index contributed by atoms with van der Waals surface area (Å²) in [4.78, 5) is 25.2. The van der Waals surface area contributed by atoms with Crippen LogP contribution in [0.2, 0.25) is 10.0 Å². The monoisotopic (exact) mass is 367 g/mol. The van der Waals surface area contributed by atoms with Gasteiger partial charge in [-0.1, -0.05) is 28.4 Å². The Balaban J connectivity index is 2.10. The topological polar surface area (TPSA) is 69.4 Å². The van der Waals surface area contributed by atoms with E-state index in [2.05, 4.69) is 5.16 Å². The van der Waals surface area contributed by atoms with Crippen molar-refractivity contribution in [2.45, 2.75) is 32.6 Å². The average Bonchev–Trinajstić information content (AvgIpc) is 3.30. The molecule has 1 aliphatic carbocycles. The van der Waals surface area contributed by atoms with Crippen LogP contribution in [0.3, 0.4) is 0 Å². The Morgan fingerprint density at radius 1 is 1.33 bits per heavy atom. The van der Waals surface area contributed by atoms with Crippen molar-refractivity contribution in [3.63, 3.8) is 0 Å². The second-order valence-corrected chi connectivity index (χ2v) is 6.41. The third-order valence-electron chi connectivity index (χ3n) is 3.95. The van der Waals surface area contributed by atoms with Crippen LogP contribution in [0.1, 0.15) is 63.4 Å². The third kappa shape index (κ3) is 2.94. The highest BCUT2D eigenvalue weighted by atomic mass is 35.5. The first-order valence-corrected chi connectivity index (χ1v) is 8.37. The van der Waals surface area contributed by atoms with E-state index < -0.39 is 5.97 Å². The predicted octanol–water partition coefficient (Wildman–Crippen LogP) is 4.57. The Labute approximate surface area is 148 Å². The molecule has 1 aromatic heterocycles. The van der Waals surface area contributed by atoms with Gasteiger partial charge in [0.2, 0.25) is 5.69 Å². The summed E-state index contributed by atoms with van der Waals surface area (Å²) in [6.45, 7) is 3.57. The van der Waals surface area contributed by atoms with Crippen molar-refractivity contribution in [1.82, 2.24) is 5.16 Å². The van der Waals surface area contributed by atoms with Crippen LogP contribution in [0.15, 0.2) is 16.7 Å². The molecule has 2 aromatic rings. The second kappa shape index (κ2) is 6.57. The molecule has 3 rings (SSSR count). The Kier molecular flexibility index (Phi) is 4.65. The summed E-state index contributed by atoms with van der Waals surface area (Å²) in [6, 6.07) is 3.14. The van der Waals surface area contributed by atoms with Crippen molar-refractivity contribution in [2.75, 3.05) is 6.61 Å². The molecule has 126 valence electrons. The van der Waals surface area contributed by atoms with E-state index >= 15 is 0 Å². The summed E-state index contributed by atoms with van der Waals surface area (Å²) in [5.41, 5.74) is 0.985. The quantitative estimate of drug-likeness (QED) is 0.571. The van der Waals surface area contributed by atoms with Gasteiger partial charge >= 0.3 is 5.97 Å². The molecule has 7 heteroatoms. The minimum atomic E-state index is -0.672. The molecule has 0 bridgehead atoms. The maximum absolute atomic E-state index is 13.1. The van der Waals surface area contributed by atoms with Crippen LogP contribution in [-0.2, 0) is 4.74 Å². The van der Waals surface area contributed by atoms with Crippen molar-refractivity contribution in [1.29, 1.82) is 0 Å². The number of rotatable bonds is 5. The van der Waals surface area contributed by atoms with Gasteiger partial charge < -0.3 is 9.26 Å². The first kappa shape index (κ1) is 17.0. The Bertz CT molecular complexity index is 824. The number of esters is 1. The van der Waals surface area contributed by atoms with E-state index in [1.807, 2.05) is 0 Å². The Morgan fingerprint density at radius 3 is 2.67 bits per heavy atom. The molecule has 0 saturated heterocycles. The van der Waals surface area contributed by atoms with Gasteiger partial charge in [-0.05, 0) is 44.4 Å². The van der Waals surface area contributed by atoms with Gasteiger partial charge in [0, 0.05) is 11.5 Å². The lowest BCUT2D eigenvalue weighted by molar-refractivity contribution is 0.0512. The zero-order valence-electron chi connectivity index (χ0n) is 13.2. The van der Waals surface area contributed by atoms with Crippen molar-refractivity contribution in [2.24, 2.45) is 0 Å². The van der Waals surface area contributed by atoms with E-state index in [9.17, 15) is 9.59 Å². The van der Waals surface area contributed by atoms with Gasteiger partial charge in [0.1, 0.15) is 5.56 Å². The Hall–Kier alpha value is -1.85. The first-order chi connectivity index (χ1) is 11.5. The van der Waals surface area contributed by atoms with Crippen LogP contribution in [0.4, 0.5) is 0 Å². The molecule has 1 aromatic carbocycles. The summed E-state index contributed by atoms with van der Waals surface area (Å²) in [7, 11) is 0. The number of carbonyl (C=O) groups excluding carboxylic acids is 2. The van der Waals surface area contributed by atoms with E-state index in [4.69, 9.17) is 32.5 Å². The molecule has 0 amide bonds. The van der Waals surface area contributed by atoms with Crippen LogP contribution in [-0.4, -0.2) is 23.5 Å².